The minimum absolute atomic E-state index is 0.0965. The quantitative estimate of drug-likeness (QED) is 0.889. The first kappa shape index (κ1) is 18.9. The number of aryl methyl sites for hydroxylation is 1. The largest absolute Gasteiger partial charge is 0.478 e. The summed E-state index contributed by atoms with van der Waals surface area (Å²) in [5.74, 6) is -1.31. The van der Waals surface area contributed by atoms with Crippen molar-refractivity contribution in [3.8, 4) is 0 Å². The standard InChI is InChI=1S/C19H21NO4S/c1-12-9-15(11-16(10-12)19(22)23)18(21)20(3)13(2)14-5-7-17(8-6-14)25(4)24/h5-11,13H,1-4H3,(H,22,23). The van der Waals surface area contributed by atoms with Crippen molar-refractivity contribution < 1.29 is 18.9 Å². The first-order valence-corrected chi connectivity index (χ1v) is 9.32. The lowest BCUT2D eigenvalue weighted by Gasteiger charge is -2.26. The second-order valence-electron chi connectivity index (χ2n) is 6.01. The Morgan fingerprint density at radius 3 is 2.16 bits per heavy atom. The Hall–Kier alpha value is -2.47. The molecule has 2 rings (SSSR count). The topological polar surface area (TPSA) is 74.7 Å². The smallest absolute Gasteiger partial charge is 0.335 e. The maximum absolute atomic E-state index is 12.7. The number of carbonyl (C=O) groups is 2. The van der Waals surface area contributed by atoms with Gasteiger partial charge in [0, 0.05) is 34.6 Å². The Kier molecular flexibility index (Phi) is 5.74. The normalized spacial score (nSPS) is 13.1. The summed E-state index contributed by atoms with van der Waals surface area (Å²) in [6.45, 7) is 3.65. The van der Waals surface area contributed by atoms with Gasteiger partial charge in [-0.15, -0.1) is 0 Å². The average Bonchev–Trinajstić information content (AvgIpc) is 2.59. The first-order valence-electron chi connectivity index (χ1n) is 7.76. The molecule has 2 aromatic rings. The highest BCUT2D eigenvalue weighted by Crippen LogP contribution is 2.22. The minimum atomic E-state index is -1.06. The van der Waals surface area contributed by atoms with Crippen molar-refractivity contribution in [2.45, 2.75) is 24.8 Å². The molecule has 132 valence electrons. The van der Waals surface area contributed by atoms with E-state index in [-0.39, 0.29) is 17.5 Å². The van der Waals surface area contributed by atoms with Gasteiger partial charge >= 0.3 is 5.97 Å². The van der Waals surface area contributed by atoms with Crippen LogP contribution in [0.25, 0.3) is 0 Å². The molecule has 0 spiro atoms. The molecule has 0 saturated heterocycles. The lowest BCUT2D eigenvalue weighted by Crippen LogP contribution is -2.30. The van der Waals surface area contributed by atoms with E-state index in [0.29, 0.717) is 5.56 Å². The van der Waals surface area contributed by atoms with E-state index in [1.165, 1.54) is 12.1 Å². The van der Waals surface area contributed by atoms with Crippen LogP contribution in [0.3, 0.4) is 0 Å². The predicted molar refractivity (Wildman–Crippen MR) is 97.4 cm³/mol. The molecule has 0 aromatic heterocycles. The van der Waals surface area contributed by atoms with Crippen molar-refractivity contribution >= 4 is 22.7 Å². The summed E-state index contributed by atoms with van der Waals surface area (Å²) in [5.41, 5.74) is 2.08. The molecule has 1 N–H and O–H groups in total. The summed E-state index contributed by atoms with van der Waals surface area (Å²) in [4.78, 5) is 26.2. The van der Waals surface area contributed by atoms with E-state index in [9.17, 15) is 13.8 Å². The molecule has 0 heterocycles. The summed E-state index contributed by atoms with van der Waals surface area (Å²) in [7, 11) is 0.637. The van der Waals surface area contributed by atoms with Crippen LogP contribution in [-0.4, -0.2) is 39.4 Å². The van der Waals surface area contributed by atoms with Gasteiger partial charge in [0.05, 0.1) is 11.6 Å². The fraction of sp³-hybridized carbons (Fsp3) is 0.263. The number of carbonyl (C=O) groups excluding carboxylic acids is 1. The molecule has 1 amide bonds. The molecule has 2 atom stereocenters. The Morgan fingerprint density at radius 2 is 1.64 bits per heavy atom. The number of amides is 1. The summed E-state index contributed by atoms with van der Waals surface area (Å²) in [5, 5.41) is 9.16. The third-order valence-corrected chi connectivity index (χ3v) is 5.10. The molecular formula is C19H21NO4S. The van der Waals surface area contributed by atoms with Gasteiger partial charge < -0.3 is 10.0 Å². The molecular weight excluding hydrogens is 338 g/mol. The van der Waals surface area contributed by atoms with Crippen molar-refractivity contribution in [3.63, 3.8) is 0 Å². The first-order chi connectivity index (χ1) is 11.7. The van der Waals surface area contributed by atoms with Gasteiger partial charge in [-0.1, -0.05) is 12.1 Å². The molecule has 0 radical (unpaired) electrons. The van der Waals surface area contributed by atoms with Crippen LogP contribution in [0, 0.1) is 6.92 Å². The van der Waals surface area contributed by atoms with E-state index in [1.807, 2.05) is 19.1 Å². The van der Waals surface area contributed by atoms with E-state index in [4.69, 9.17) is 5.11 Å². The molecule has 0 fully saturated rings. The van der Waals surface area contributed by atoms with Crippen LogP contribution in [-0.2, 0) is 10.8 Å². The maximum atomic E-state index is 12.7. The monoisotopic (exact) mass is 359 g/mol. The Labute approximate surface area is 149 Å². The van der Waals surface area contributed by atoms with E-state index >= 15 is 0 Å². The van der Waals surface area contributed by atoms with Crippen LogP contribution in [0.15, 0.2) is 47.4 Å². The summed E-state index contributed by atoms with van der Waals surface area (Å²) < 4.78 is 11.5. The number of carboxylic acids is 1. The molecule has 0 aliphatic heterocycles. The Bertz CT molecular complexity index is 830. The van der Waals surface area contributed by atoms with Gasteiger partial charge in [0.2, 0.25) is 0 Å². The van der Waals surface area contributed by atoms with Crippen LogP contribution in [0.2, 0.25) is 0 Å². The molecule has 0 saturated carbocycles. The van der Waals surface area contributed by atoms with Crippen LogP contribution in [0.1, 0.15) is 44.8 Å². The summed E-state index contributed by atoms with van der Waals surface area (Å²) >= 11 is 0. The Morgan fingerprint density at radius 1 is 1.08 bits per heavy atom. The highest BCUT2D eigenvalue weighted by Gasteiger charge is 2.20. The fourth-order valence-corrected chi connectivity index (χ4v) is 3.09. The molecule has 5 nitrogen and oxygen atoms in total. The van der Waals surface area contributed by atoms with Crippen molar-refractivity contribution in [2.24, 2.45) is 0 Å². The van der Waals surface area contributed by atoms with Gasteiger partial charge in [-0.3, -0.25) is 9.00 Å². The van der Waals surface area contributed by atoms with E-state index in [0.717, 1.165) is 16.0 Å². The zero-order valence-corrected chi connectivity index (χ0v) is 15.5. The van der Waals surface area contributed by atoms with Gasteiger partial charge in [-0.05, 0) is 55.3 Å². The highest BCUT2D eigenvalue weighted by molar-refractivity contribution is 7.84. The fourth-order valence-electron chi connectivity index (χ4n) is 2.57. The van der Waals surface area contributed by atoms with Crippen LogP contribution < -0.4 is 0 Å². The lowest BCUT2D eigenvalue weighted by molar-refractivity contribution is 0.0696. The molecule has 0 aliphatic rings. The second-order valence-corrected chi connectivity index (χ2v) is 7.39. The second kappa shape index (κ2) is 7.61. The number of aromatic carboxylic acids is 1. The van der Waals surface area contributed by atoms with Crippen LogP contribution in [0.5, 0.6) is 0 Å². The molecule has 6 heteroatoms. The molecule has 0 bridgehead atoms. The van der Waals surface area contributed by atoms with Gasteiger partial charge in [0.25, 0.3) is 5.91 Å². The van der Waals surface area contributed by atoms with Crippen LogP contribution in [0.4, 0.5) is 0 Å². The van der Waals surface area contributed by atoms with E-state index < -0.39 is 16.8 Å². The summed E-state index contributed by atoms with van der Waals surface area (Å²) in [6, 6.07) is 11.7. The third-order valence-electron chi connectivity index (χ3n) is 4.17. The number of carboxylic acid groups (broad SMARTS) is 1. The van der Waals surface area contributed by atoms with Crippen molar-refractivity contribution in [2.75, 3.05) is 13.3 Å². The Balaban J connectivity index is 2.27. The van der Waals surface area contributed by atoms with Gasteiger partial charge in [0.15, 0.2) is 0 Å². The molecule has 2 unspecified atom stereocenters. The third kappa shape index (κ3) is 4.33. The van der Waals surface area contributed by atoms with Crippen molar-refractivity contribution in [1.82, 2.24) is 4.90 Å². The molecule has 0 aliphatic carbocycles. The van der Waals surface area contributed by atoms with Gasteiger partial charge in [-0.25, -0.2) is 4.79 Å². The minimum Gasteiger partial charge on any atom is -0.478 e. The number of hydrogen-bond donors (Lipinski definition) is 1. The van der Waals surface area contributed by atoms with Crippen molar-refractivity contribution in [3.05, 3.63) is 64.7 Å². The van der Waals surface area contributed by atoms with E-state index in [1.54, 1.807) is 43.3 Å². The zero-order chi connectivity index (χ0) is 18.7. The number of benzene rings is 2. The maximum Gasteiger partial charge on any atom is 0.335 e. The summed E-state index contributed by atoms with van der Waals surface area (Å²) in [6.07, 6.45) is 1.62. The van der Waals surface area contributed by atoms with E-state index in [2.05, 4.69) is 0 Å². The zero-order valence-electron chi connectivity index (χ0n) is 14.6. The lowest BCUT2D eigenvalue weighted by atomic mass is 10.0. The molecule has 25 heavy (non-hydrogen) atoms. The highest BCUT2D eigenvalue weighted by atomic mass is 32.2. The SMILES string of the molecule is Cc1cc(C(=O)O)cc(C(=O)N(C)C(C)c2ccc(S(C)=O)cc2)c1. The number of nitrogens with zero attached hydrogens (tertiary/aromatic N) is 1. The van der Waals surface area contributed by atoms with Crippen molar-refractivity contribution in [1.29, 1.82) is 0 Å². The number of rotatable bonds is 5. The van der Waals surface area contributed by atoms with Crippen LogP contribution >= 0.6 is 0 Å². The number of hydrogen-bond acceptors (Lipinski definition) is 3. The van der Waals surface area contributed by atoms with Gasteiger partial charge in [0.1, 0.15) is 0 Å². The van der Waals surface area contributed by atoms with Gasteiger partial charge in [-0.2, -0.15) is 0 Å². The average molecular weight is 359 g/mol. The molecule has 2 aromatic carbocycles. The predicted octanol–water partition coefficient (Wildman–Crippen LogP) is 3.26.